The number of non-ortho nitro benzene ring substituents is 1. The molecular formula is C26H31N5O7S. The normalized spacial score (nSPS) is 16.1. The first-order chi connectivity index (χ1) is 18.6. The van der Waals surface area contributed by atoms with Crippen LogP contribution in [0.3, 0.4) is 0 Å². The van der Waals surface area contributed by atoms with Crippen LogP contribution >= 0.6 is 0 Å². The van der Waals surface area contributed by atoms with E-state index in [0.717, 1.165) is 25.0 Å². The molecule has 0 spiro atoms. The highest BCUT2D eigenvalue weighted by atomic mass is 32.2. The lowest BCUT2D eigenvalue weighted by atomic mass is 10.2. The molecule has 0 radical (unpaired) electrons. The van der Waals surface area contributed by atoms with Crippen LogP contribution in [0.4, 0.5) is 5.69 Å². The fourth-order valence-electron chi connectivity index (χ4n) is 4.08. The Morgan fingerprint density at radius 3 is 2.67 bits per heavy atom. The quantitative estimate of drug-likeness (QED) is 0.266. The molecule has 1 aliphatic rings. The second-order valence-corrected chi connectivity index (χ2v) is 11.0. The Balaban J connectivity index is 1.77. The van der Waals surface area contributed by atoms with Gasteiger partial charge in [-0.15, -0.1) is 0 Å². The summed E-state index contributed by atoms with van der Waals surface area (Å²) in [6.07, 6.45) is 2.24. The van der Waals surface area contributed by atoms with E-state index in [1.807, 2.05) is 13.0 Å². The van der Waals surface area contributed by atoms with Crippen LogP contribution in [-0.4, -0.2) is 54.3 Å². The molecule has 0 aliphatic carbocycles. The van der Waals surface area contributed by atoms with Crippen LogP contribution in [0, 0.1) is 17.0 Å². The second-order valence-electron chi connectivity index (χ2n) is 9.29. The molecule has 2 heterocycles. The highest BCUT2D eigenvalue weighted by molar-refractivity contribution is 7.89. The molecule has 3 aromatic rings. The van der Waals surface area contributed by atoms with E-state index in [1.165, 1.54) is 10.7 Å². The Morgan fingerprint density at radius 2 is 2.03 bits per heavy atom. The molecule has 2 atom stereocenters. The Labute approximate surface area is 226 Å². The van der Waals surface area contributed by atoms with E-state index in [-0.39, 0.29) is 23.4 Å². The Bertz CT molecular complexity index is 1450. The van der Waals surface area contributed by atoms with Crippen molar-refractivity contribution in [1.29, 1.82) is 0 Å². The molecule has 2 N–H and O–H groups in total. The van der Waals surface area contributed by atoms with E-state index < -0.39 is 37.5 Å². The molecule has 1 aromatic heterocycles. The zero-order valence-corrected chi connectivity index (χ0v) is 22.7. The number of nitro benzene ring substituents is 1. The maximum absolute atomic E-state index is 13.2. The highest BCUT2D eigenvalue weighted by Gasteiger charge is 2.29. The van der Waals surface area contributed by atoms with E-state index in [1.54, 1.807) is 38.1 Å². The van der Waals surface area contributed by atoms with Crippen LogP contribution < -0.4 is 14.8 Å². The number of ether oxygens (including phenoxy) is 2. The number of hydrogen-bond donors (Lipinski definition) is 2. The first kappa shape index (κ1) is 28.2. The topological polar surface area (TPSA) is 155 Å². The van der Waals surface area contributed by atoms with Crippen LogP contribution in [0.25, 0.3) is 5.69 Å². The van der Waals surface area contributed by atoms with Gasteiger partial charge in [0.1, 0.15) is 10.6 Å². The number of benzene rings is 2. The second kappa shape index (κ2) is 11.9. The molecule has 13 heteroatoms. The fourth-order valence-corrected chi connectivity index (χ4v) is 5.55. The molecule has 0 bridgehead atoms. The van der Waals surface area contributed by atoms with Gasteiger partial charge < -0.3 is 14.8 Å². The summed E-state index contributed by atoms with van der Waals surface area (Å²) < 4.78 is 42.1. The lowest BCUT2D eigenvalue weighted by Crippen LogP contribution is -2.32. The van der Waals surface area contributed by atoms with Gasteiger partial charge in [-0.25, -0.2) is 13.1 Å². The number of nitrogens with zero attached hydrogens (tertiary/aromatic N) is 3. The van der Waals surface area contributed by atoms with Crippen LogP contribution in [0.2, 0.25) is 0 Å². The lowest BCUT2D eigenvalue weighted by Gasteiger charge is -2.16. The van der Waals surface area contributed by atoms with Crippen molar-refractivity contribution in [3.63, 3.8) is 0 Å². The van der Waals surface area contributed by atoms with E-state index in [4.69, 9.17) is 9.47 Å². The van der Waals surface area contributed by atoms with Crippen LogP contribution in [0.15, 0.2) is 53.4 Å². The van der Waals surface area contributed by atoms with E-state index in [9.17, 15) is 23.3 Å². The van der Waals surface area contributed by atoms with Gasteiger partial charge in [0.05, 0.1) is 16.7 Å². The van der Waals surface area contributed by atoms with Gasteiger partial charge in [-0.3, -0.25) is 14.9 Å². The number of sulfonamides is 1. The SMILES string of the molecule is CC[C@H](C)NS(=O)(=O)c1cc([N+](=O)[O-])ccc1Oc1c(C)c(C(=O)NC[C@@H]2CCCO2)nn1-c1ccccc1. The molecule has 1 fully saturated rings. The zero-order chi connectivity index (χ0) is 28.2. The summed E-state index contributed by atoms with van der Waals surface area (Å²) in [6, 6.07) is 11.8. The van der Waals surface area contributed by atoms with Crippen molar-refractivity contribution in [2.75, 3.05) is 13.2 Å². The van der Waals surface area contributed by atoms with Crippen LogP contribution in [0.1, 0.15) is 49.2 Å². The van der Waals surface area contributed by atoms with Crippen molar-refractivity contribution < 1.29 is 27.6 Å². The molecule has 208 valence electrons. The van der Waals surface area contributed by atoms with E-state index in [0.29, 0.717) is 30.8 Å². The van der Waals surface area contributed by atoms with Crippen molar-refractivity contribution in [3.05, 3.63) is 69.9 Å². The summed E-state index contributed by atoms with van der Waals surface area (Å²) in [7, 11) is -4.20. The number of para-hydroxylation sites is 1. The Hall–Kier alpha value is -3.81. The number of rotatable bonds is 11. The highest BCUT2D eigenvalue weighted by Crippen LogP contribution is 2.35. The van der Waals surface area contributed by atoms with Crippen molar-refractivity contribution in [3.8, 4) is 17.3 Å². The minimum atomic E-state index is -4.20. The Kier molecular flexibility index (Phi) is 8.63. The zero-order valence-electron chi connectivity index (χ0n) is 21.9. The molecule has 1 amide bonds. The van der Waals surface area contributed by atoms with Gasteiger partial charge in [0.25, 0.3) is 11.6 Å². The minimum absolute atomic E-state index is 0.0629. The summed E-state index contributed by atoms with van der Waals surface area (Å²) in [5.74, 6) is -0.488. The van der Waals surface area contributed by atoms with Crippen LogP contribution in [0.5, 0.6) is 11.6 Å². The minimum Gasteiger partial charge on any atom is -0.437 e. The number of carbonyl (C=O) groups excluding carboxylic acids is 1. The standard InChI is InChI=1S/C26H31N5O7S/c1-4-17(2)29-39(35,36)23-15-20(31(33)34)12-13-22(23)38-26-18(3)24(25(32)27-16-21-11-8-14-37-21)28-30(26)19-9-6-5-7-10-19/h5-7,9-10,12-13,15,17,21,29H,4,8,11,14,16H2,1-3H3,(H,27,32)/t17-,21-/m0/s1. The van der Waals surface area contributed by atoms with Gasteiger partial charge in [0, 0.05) is 36.9 Å². The smallest absolute Gasteiger partial charge is 0.272 e. The molecule has 2 aromatic carbocycles. The molecule has 0 unspecified atom stereocenters. The number of carbonyl (C=O) groups is 1. The first-order valence-electron chi connectivity index (χ1n) is 12.6. The maximum atomic E-state index is 13.2. The van der Waals surface area contributed by atoms with Crippen molar-refractivity contribution in [2.45, 2.75) is 57.1 Å². The van der Waals surface area contributed by atoms with E-state index in [2.05, 4.69) is 15.1 Å². The van der Waals surface area contributed by atoms with Crippen LogP contribution in [-0.2, 0) is 14.8 Å². The monoisotopic (exact) mass is 557 g/mol. The molecule has 4 rings (SSSR count). The molecule has 39 heavy (non-hydrogen) atoms. The largest absolute Gasteiger partial charge is 0.437 e. The first-order valence-corrected chi connectivity index (χ1v) is 14.1. The van der Waals surface area contributed by atoms with Gasteiger partial charge in [-0.05, 0) is 51.3 Å². The van der Waals surface area contributed by atoms with Crippen molar-refractivity contribution in [2.24, 2.45) is 0 Å². The Morgan fingerprint density at radius 1 is 1.28 bits per heavy atom. The summed E-state index contributed by atoms with van der Waals surface area (Å²) in [4.78, 5) is 23.5. The summed E-state index contributed by atoms with van der Waals surface area (Å²) in [5.41, 5.74) is 0.614. The third-order valence-corrected chi connectivity index (χ3v) is 8.01. The summed E-state index contributed by atoms with van der Waals surface area (Å²) in [6.45, 7) is 6.13. The number of aromatic nitrogens is 2. The van der Waals surface area contributed by atoms with Gasteiger partial charge in [0.15, 0.2) is 5.69 Å². The molecule has 1 saturated heterocycles. The molecule has 12 nitrogen and oxygen atoms in total. The third kappa shape index (κ3) is 6.44. The number of nitro groups is 1. The van der Waals surface area contributed by atoms with Crippen molar-refractivity contribution >= 4 is 21.6 Å². The number of nitrogens with one attached hydrogen (secondary N) is 2. The van der Waals surface area contributed by atoms with Gasteiger partial charge in [0.2, 0.25) is 15.9 Å². The predicted octanol–water partition coefficient (Wildman–Crippen LogP) is 3.87. The van der Waals surface area contributed by atoms with Gasteiger partial charge >= 0.3 is 0 Å². The number of amides is 1. The average molecular weight is 558 g/mol. The van der Waals surface area contributed by atoms with Crippen molar-refractivity contribution in [1.82, 2.24) is 19.8 Å². The fraction of sp³-hybridized carbons (Fsp3) is 0.385. The third-order valence-electron chi connectivity index (χ3n) is 6.40. The summed E-state index contributed by atoms with van der Waals surface area (Å²) >= 11 is 0. The van der Waals surface area contributed by atoms with E-state index >= 15 is 0 Å². The maximum Gasteiger partial charge on any atom is 0.272 e. The average Bonchev–Trinajstić information content (AvgIpc) is 3.56. The van der Waals surface area contributed by atoms with Gasteiger partial charge in [-0.2, -0.15) is 9.78 Å². The predicted molar refractivity (Wildman–Crippen MR) is 143 cm³/mol. The molecule has 0 saturated carbocycles. The lowest BCUT2D eigenvalue weighted by molar-refractivity contribution is -0.385. The molecule has 1 aliphatic heterocycles. The summed E-state index contributed by atoms with van der Waals surface area (Å²) in [5, 5.41) is 18.8. The molecular weight excluding hydrogens is 526 g/mol. The number of hydrogen-bond acceptors (Lipinski definition) is 8. The van der Waals surface area contributed by atoms with Gasteiger partial charge in [-0.1, -0.05) is 25.1 Å².